The van der Waals surface area contributed by atoms with Gasteiger partial charge in [0.15, 0.2) is 0 Å². The van der Waals surface area contributed by atoms with Gasteiger partial charge in [-0.05, 0) is 49.1 Å². The summed E-state index contributed by atoms with van der Waals surface area (Å²) in [5, 5.41) is 3.45. The summed E-state index contributed by atoms with van der Waals surface area (Å²) in [6.45, 7) is 1.76. The van der Waals surface area contributed by atoms with Gasteiger partial charge in [-0.25, -0.2) is 15.2 Å². The van der Waals surface area contributed by atoms with Crippen molar-refractivity contribution in [1.82, 2.24) is 10.9 Å². The number of hydrazine groups is 1. The summed E-state index contributed by atoms with van der Waals surface area (Å²) in [4.78, 5) is 14.9. The van der Waals surface area contributed by atoms with Crippen LogP contribution in [0.3, 0.4) is 0 Å². The number of hydrogen-bond acceptors (Lipinski definition) is 4. The van der Waals surface area contributed by atoms with Crippen molar-refractivity contribution in [2.75, 3.05) is 23.3 Å². The topological polar surface area (TPSA) is 56.4 Å². The van der Waals surface area contributed by atoms with Gasteiger partial charge in [0.1, 0.15) is 17.5 Å². The van der Waals surface area contributed by atoms with Gasteiger partial charge in [0, 0.05) is 24.2 Å². The summed E-state index contributed by atoms with van der Waals surface area (Å²) >= 11 is 6.05. The van der Waals surface area contributed by atoms with Crippen LogP contribution >= 0.6 is 11.6 Å². The highest BCUT2D eigenvalue weighted by Gasteiger charge is 2.31. The predicted molar refractivity (Wildman–Crippen MR) is 105 cm³/mol. The second kappa shape index (κ2) is 7.84. The lowest BCUT2D eigenvalue weighted by atomic mass is 10.0. The van der Waals surface area contributed by atoms with E-state index >= 15 is 0 Å². The normalized spacial score (nSPS) is 22.2. The smallest absolute Gasteiger partial charge is 0.243 e. The molecule has 2 atom stereocenters. The second-order valence-corrected chi connectivity index (χ2v) is 7.44. The van der Waals surface area contributed by atoms with Crippen LogP contribution in [0.15, 0.2) is 42.5 Å². The number of hydrogen-bond donors (Lipinski definition) is 3. The zero-order chi connectivity index (χ0) is 18.8. The number of anilines is 2. The molecule has 2 fully saturated rings. The Bertz CT molecular complexity index is 840. The Labute approximate surface area is 162 Å². The van der Waals surface area contributed by atoms with Gasteiger partial charge in [0.05, 0.1) is 5.69 Å². The number of amides is 1. The highest BCUT2D eigenvalue weighted by molar-refractivity contribution is 6.30. The number of carbonyl (C=O) groups is 1. The number of benzene rings is 2. The number of carbonyl (C=O) groups excluding carboxylic acids is 1. The summed E-state index contributed by atoms with van der Waals surface area (Å²) in [7, 11) is 0. The first-order chi connectivity index (χ1) is 13.1. The second-order valence-electron chi connectivity index (χ2n) is 7.00. The van der Waals surface area contributed by atoms with Crippen LogP contribution in [0.25, 0.3) is 0 Å². The lowest BCUT2D eigenvalue weighted by molar-refractivity contribution is -0.117. The Kier molecular flexibility index (Phi) is 5.29. The Balaban J connectivity index is 1.47. The van der Waals surface area contributed by atoms with Crippen LogP contribution in [0, 0.1) is 5.82 Å². The maximum Gasteiger partial charge on any atom is 0.243 e. The van der Waals surface area contributed by atoms with E-state index in [1.54, 1.807) is 6.07 Å². The van der Waals surface area contributed by atoms with E-state index in [1.165, 1.54) is 6.07 Å². The van der Waals surface area contributed by atoms with E-state index < -0.39 is 11.9 Å². The number of para-hydroxylation sites is 1. The largest absolute Gasteiger partial charge is 0.370 e. The zero-order valence-electron chi connectivity index (χ0n) is 14.8. The summed E-state index contributed by atoms with van der Waals surface area (Å²) in [5.74, 6) is -0.664. The minimum atomic E-state index is -0.458. The Hall–Kier alpha value is -2.15. The summed E-state index contributed by atoms with van der Waals surface area (Å²) < 4.78 is 14.4. The SMILES string of the molecule is O=C(Nc1c(F)cccc1N1CCCC1)C1CC(c2cccc(Cl)c2)NN1. The maximum atomic E-state index is 14.4. The van der Waals surface area contributed by atoms with Gasteiger partial charge < -0.3 is 10.2 Å². The molecule has 142 valence electrons. The number of rotatable bonds is 4. The minimum Gasteiger partial charge on any atom is -0.370 e. The molecule has 5 nitrogen and oxygen atoms in total. The van der Waals surface area contributed by atoms with Crippen LogP contribution in [-0.2, 0) is 4.79 Å². The highest BCUT2D eigenvalue weighted by Crippen LogP contribution is 2.32. The van der Waals surface area contributed by atoms with Crippen molar-refractivity contribution < 1.29 is 9.18 Å². The lowest BCUT2D eigenvalue weighted by Crippen LogP contribution is -2.40. The van der Waals surface area contributed by atoms with Crippen LogP contribution < -0.4 is 21.1 Å². The molecule has 2 aliphatic rings. The predicted octanol–water partition coefficient (Wildman–Crippen LogP) is 3.63. The average molecular weight is 389 g/mol. The molecule has 4 rings (SSSR count). The maximum absolute atomic E-state index is 14.4. The minimum absolute atomic E-state index is 0.0295. The lowest BCUT2D eigenvalue weighted by Gasteiger charge is -2.22. The highest BCUT2D eigenvalue weighted by atomic mass is 35.5. The average Bonchev–Trinajstić information content (AvgIpc) is 3.35. The van der Waals surface area contributed by atoms with Crippen molar-refractivity contribution in [2.24, 2.45) is 0 Å². The molecular weight excluding hydrogens is 367 g/mol. The summed E-state index contributed by atoms with van der Waals surface area (Å²) in [6.07, 6.45) is 2.72. The van der Waals surface area contributed by atoms with Gasteiger partial charge in [-0.1, -0.05) is 29.8 Å². The zero-order valence-corrected chi connectivity index (χ0v) is 15.6. The molecule has 1 amide bonds. The fraction of sp³-hybridized carbons (Fsp3) is 0.350. The van der Waals surface area contributed by atoms with E-state index in [1.807, 2.05) is 30.3 Å². The molecule has 0 aromatic heterocycles. The summed E-state index contributed by atoms with van der Waals surface area (Å²) in [6, 6.07) is 12.0. The molecule has 7 heteroatoms. The Morgan fingerprint density at radius 2 is 1.93 bits per heavy atom. The van der Waals surface area contributed by atoms with Crippen molar-refractivity contribution in [3.63, 3.8) is 0 Å². The molecule has 0 radical (unpaired) electrons. The van der Waals surface area contributed by atoms with E-state index in [0.717, 1.165) is 37.2 Å². The van der Waals surface area contributed by atoms with E-state index in [-0.39, 0.29) is 17.6 Å². The van der Waals surface area contributed by atoms with Gasteiger partial charge in [0.2, 0.25) is 5.91 Å². The third kappa shape index (κ3) is 3.93. The molecule has 2 aromatic carbocycles. The number of nitrogens with zero attached hydrogens (tertiary/aromatic N) is 1. The van der Waals surface area contributed by atoms with Gasteiger partial charge in [0.25, 0.3) is 0 Å². The van der Waals surface area contributed by atoms with Gasteiger partial charge in [-0.2, -0.15) is 0 Å². The van der Waals surface area contributed by atoms with E-state index in [0.29, 0.717) is 11.4 Å². The van der Waals surface area contributed by atoms with Crippen molar-refractivity contribution in [3.8, 4) is 0 Å². The van der Waals surface area contributed by atoms with Crippen molar-refractivity contribution in [3.05, 3.63) is 58.9 Å². The number of nitrogens with one attached hydrogen (secondary N) is 3. The molecule has 0 bridgehead atoms. The van der Waals surface area contributed by atoms with E-state index in [2.05, 4.69) is 21.1 Å². The van der Waals surface area contributed by atoms with Crippen LogP contribution in [0.2, 0.25) is 5.02 Å². The fourth-order valence-corrected chi connectivity index (χ4v) is 3.94. The van der Waals surface area contributed by atoms with Gasteiger partial charge >= 0.3 is 0 Å². The molecule has 0 saturated carbocycles. The van der Waals surface area contributed by atoms with Crippen molar-refractivity contribution in [2.45, 2.75) is 31.3 Å². The van der Waals surface area contributed by atoms with E-state index in [4.69, 9.17) is 11.6 Å². The first-order valence-corrected chi connectivity index (χ1v) is 9.60. The van der Waals surface area contributed by atoms with Gasteiger partial charge in [-0.3, -0.25) is 4.79 Å². The number of halogens is 2. The molecule has 2 saturated heterocycles. The van der Waals surface area contributed by atoms with Crippen LogP contribution in [0.1, 0.15) is 30.9 Å². The van der Waals surface area contributed by atoms with Crippen LogP contribution in [0.5, 0.6) is 0 Å². The molecule has 0 spiro atoms. The fourth-order valence-electron chi connectivity index (χ4n) is 3.74. The van der Waals surface area contributed by atoms with Gasteiger partial charge in [-0.15, -0.1) is 0 Å². The quantitative estimate of drug-likeness (QED) is 0.748. The first-order valence-electron chi connectivity index (χ1n) is 9.22. The van der Waals surface area contributed by atoms with Crippen molar-refractivity contribution >= 4 is 28.9 Å². The molecular formula is C20H22ClFN4O. The van der Waals surface area contributed by atoms with Crippen LogP contribution in [0.4, 0.5) is 15.8 Å². The molecule has 2 heterocycles. The molecule has 2 unspecified atom stereocenters. The molecule has 3 N–H and O–H groups in total. The third-order valence-electron chi connectivity index (χ3n) is 5.16. The summed E-state index contributed by atoms with van der Waals surface area (Å²) in [5.41, 5.74) is 8.16. The van der Waals surface area contributed by atoms with E-state index in [9.17, 15) is 9.18 Å². The first kappa shape index (κ1) is 18.2. The molecule has 27 heavy (non-hydrogen) atoms. The third-order valence-corrected chi connectivity index (χ3v) is 5.39. The standard InChI is InChI=1S/C20H22ClFN4O/c21-14-6-3-5-13(11-14)16-12-17(25-24-16)20(27)23-19-15(22)7-4-8-18(19)26-9-1-2-10-26/h3-8,11,16-17,24-25H,1-2,9-10,12H2,(H,23,27). The Morgan fingerprint density at radius 1 is 1.15 bits per heavy atom. The van der Waals surface area contributed by atoms with Crippen molar-refractivity contribution in [1.29, 1.82) is 0 Å². The Morgan fingerprint density at radius 3 is 2.70 bits per heavy atom. The molecule has 2 aromatic rings. The molecule has 2 aliphatic heterocycles. The van der Waals surface area contributed by atoms with Crippen LogP contribution in [-0.4, -0.2) is 25.0 Å². The monoisotopic (exact) mass is 388 g/mol. The molecule has 0 aliphatic carbocycles.